The lowest BCUT2D eigenvalue weighted by molar-refractivity contribution is 0.0747. The number of aryl methyl sites for hydroxylation is 2. The van der Waals surface area contributed by atoms with E-state index in [2.05, 4.69) is 11.7 Å². The topological polar surface area (TPSA) is 38.1 Å². The number of benzene rings is 1. The van der Waals surface area contributed by atoms with E-state index in [9.17, 15) is 18.0 Å². The predicted molar refractivity (Wildman–Crippen MR) is 92.4 cm³/mol. The summed E-state index contributed by atoms with van der Waals surface area (Å²) in [5.74, 6) is -1.81. The zero-order valence-corrected chi connectivity index (χ0v) is 14.7. The highest BCUT2D eigenvalue weighted by Crippen LogP contribution is 2.33. The minimum absolute atomic E-state index is 0.0887. The molecule has 4 nitrogen and oxygen atoms in total. The summed E-state index contributed by atoms with van der Waals surface area (Å²) in [4.78, 5) is 14.3. The second-order valence-corrected chi connectivity index (χ2v) is 6.61. The van der Waals surface area contributed by atoms with E-state index < -0.39 is 29.5 Å². The van der Waals surface area contributed by atoms with E-state index in [4.69, 9.17) is 0 Å². The Morgan fingerprint density at radius 2 is 2.12 bits per heavy atom. The highest BCUT2D eigenvalue weighted by molar-refractivity contribution is 5.96. The molecule has 0 atom stereocenters. The van der Waals surface area contributed by atoms with Gasteiger partial charge in [0, 0.05) is 19.6 Å². The molecule has 1 saturated carbocycles. The Bertz CT molecular complexity index is 856. The highest BCUT2D eigenvalue weighted by Gasteiger charge is 2.38. The first-order valence-corrected chi connectivity index (χ1v) is 8.36. The number of nitrogens with zero attached hydrogens (tertiary/aromatic N) is 3. The summed E-state index contributed by atoms with van der Waals surface area (Å²) < 4.78 is 41.4. The molecule has 0 aliphatic heterocycles. The molecule has 1 heterocycles. The van der Waals surface area contributed by atoms with Crippen LogP contribution in [0.2, 0.25) is 0 Å². The fraction of sp³-hybridized carbons (Fsp3) is 0.368. The molecule has 0 saturated heterocycles. The minimum atomic E-state index is -3.02. The first kappa shape index (κ1) is 18.2. The van der Waals surface area contributed by atoms with Crippen LogP contribution < -0.4 is 0 Å². The molecule has 2 aromatic rings. The largest absolute Gasteiger partial charge is 0.331 e. The van der Waals surface area contributed by atoms with Crippen LogP contribution in [0.4, 0.5) is 13.2 Å². The quantitative estimate of drug-likeness (QED) is 0.774. The molecule has 0 N–H and O–H groups in total. The molecule has 138 valence electrons. The lowest BCUT2D eigenvalue weighted by atomic mass is 10.0. The minimum Gasteiger partial charge on any atom is -0.331 e. The fourth-order valence-electron chi connectivity index (χ4n) is 2.93. The molecule has 26 heavy (non-hydrogen) atoms. The summed E-state index contributed by atoms with van der Waals surface area (Å²) in [6.45, 7) is 6.12. The Morgan fingerprint density at radius 1 is 1.42 bits per heavy atom. The fourth-order valence-corrected chi connectivity index (χ4v) is 2.93. The molecule has 1 aliphatic carbocycles. The second kappa shape index (κ2) is 6.97. The number of hydrogen-bond acceptors (Lipinski definition) is 2. The van der Waals surface area contributed by atoms with Gasteiger partial charge in [-0.05, 0) is 30.9 Å². The van der Waals surface area contributed by atoms with Gasteiger partial charge < -0.3 is 4.90 Å². The van der Waals surface area contributed by atoms with Gasteiger partial charge in [0.05, 0.1) is 0 Å². The maximum Gasteiger partial charge on any atom is 0.283 e. The first-order chi connectivity index (χ1) is 12.3. The van der Waals surface area contributed by atoms with E-state index in [1.807, 2.05) is 31.2 Å². The van der Waals surface area contributed by atoms with Gasteiger partial charge in [0.25, 0.3) is 12.3 Å². The van der Waals surface area contributed by atoms with Crippen molar-refractivity contribution in [2.45, 2.75) is 32.2 Å². The van der Waals surface area contributed by atoms with Gasteiger partial charge in [-0.25, -0.2) is 13.5 Å². The van der Waals surface area contributed by atoms with Gasteiger partial charge >= 0.3 is 0 Å². The standard InChI is InChI=1S/C19H20F3N3O/c1-11-5-4-6-13(9-11)12(2)10-25(14-7-8-14)19(26)15-16(17(20)21)23-24(3)18(15)22/h4-6,9,14,17H,2,7-8,10H2,1,3H3. The number of aromatic nitrogens is 2. The van der Waals surface area contributed by atoms with Crippen molar-refractivity contribution in [3.63, 3.8) is 0 Å². The van der Waals surface area contributed by atoms with Gasteiger partial charge in [0.1, 0.15) is 11.3 Å². The SMILES string of the molecule is C=C(CN(C(=O)c1c(C(F)F)nn(C)c1F)C1CC1)c1cccc(C)c1. The maximum atomic E-state index is 14.3. The van der Waals surface area contributed by atoms with Crippen molar-refractivity contribution < 1.29 is 18.0 Å². The summed E-state index contributed by atoms with van der Waals surface area (Å²) in [7, 11) is 1.20. The second-order valence-electron chi connectivity index (χ2n) is 6.61. The molecule has 0 spiro atoms. The number of carbonyl (C=O) groups is 1. The predicted octanol–water partition coefficient (Wildman–Crippen LogP) is 4.12. The van der Waals surface area contributed by atoms with Gasteiger partial charge in [0.15, 0.2) is 0 Å². The van der Waals surface area contributed by atoms with Crippen molar-refractivity contribution in [1.29, 1.82) is 0 Å². The summed E-state index contributed by atoms with van der Waals surface area (Å²) >= 11 is 0. The van der Waals surface area contributed by atoms with Gasteiger partial charge in [0.2, 0.25) is 5.95 Å². The van der Waals surface area contributed by atoms with Gasteiger partial charge in [-0.2, -0.15) is 9.49 Å². The molecule has 0 unspecified atom stereocenters. The molecule has 1 amide bonds. The molecule has 3 rings (SSSR count). The van der Waals surface area contributed by atoms with Crippen LogP contribution in [0.1, 0.15) is 46.4 Å². The Kier molecular flexibility index (Phi) is 4.89. The van der Waals surface area contributed by atoms with Crippen LogP contribution in [0.25, 0.3) is 5.57 Å². The van der Waals surface area contributed by atoms with Crippen LogP contribution >= 0.6 is 0 Å². The van der Waals surface area contributed by atoms with Crippen molar-refractivity contribution in [2.75, 3.05) is 6.54 Å². The number of hydrogen-bond donors (Lipinski definition) is 0. The number of amides is 1. The highest BCUT2D eigenvalue weighted by atomic mass is 19.3. The van der Waals surface area contributed by atoms with Crippen molar-refractivity contribution in [3.05, 3.63) is 59.2 Å². The van der Waals surface area contributed by atoms with E-state index in [-0.39, 0.29) is 12.6 Å². The Hall–Kier alpha value is -2.57. The van der Waals surface area contributed by atoms with E-state index in [0.29, 0.717) is 10.3 Å². The summed E-state index contributed by atoms with van der Waals surface area (Å²) in [5.41, 5.74) is 1.13. The first-order valence-electron chi connectivity index (χ1n) is 8.36. The van der Waals surface area contributed by atoms with Crippen LogP contribution in [-0.4, -0.2) is 33.2 Å². The Balaban J connectivity index is 1.89. The molecule has 7 heteroatoms. The zero-order chi connectivity index (χ0) is 19.0. The molecular formula is C19H20F3N3O. The summed E-state index contributed by atoms with van der Waals surface area (Å²) in [6.07, 6.45) is -1.50. The third kappa shape index (κ3) is 3.52. The molecule has 1 fully saturated rings. The molecule has 1 aliphatic rings. The van der Waals surface area contributed by atoms with Crippen LogP contribution in [0, 0.1) is 12.9 Å². The normalized spacial score (nSPS) is 13.9. The smallest absolute Gasteiger partial charge is 0.283 e. The maximum absolute atomic E-state index is 14.3. The molecule has 1 aromatic carbocycles. The Labute approximate surface area is 149 Å². The average Bonchev–Trinajstić information content (AvgIpc) is 3.38. The molecular weight excluding hydrogens is 343 g/mol. The van der Waals surface area contributed by atoms with Crippen molar-refractivity contribution in [2.24, 2.45) is 7.05 Å². The van der Waals surface area contributed by atoms with Gasteiger partial charge in [-0.3, -0.25) is 4.79 Å². The van der Waals surface area contributed by atoms with E-state index >= 15 is 0 Å². The van der Waals surface area contributed by atoms with E-state index in [1.165, 1.54) is 11.9 Å². The lowest BCUT2D eigenvalue weighted by Crippen LogP contribution is -2.35. The van der Waals surface area contributed by atoms with Crippen molar-refractivity contribution in [1.82, 2.24) is 14.7 Å². The summed E-state index contributed by atoms with van der Waals surface area (Å²) in [5, 5.41) is 3.46. The van der Waals surface area contributed by atoms with E-state index in [1.54, 1.807) is 0 Å². The third-order valence-electron chi connectivity index (χ3n) is 4.46. The van der Waals surface area contributed by atoms with Crippen LogP contribution in [0.3, 0.4) is 0 Å². The van der Waals surface area contributed by atoms with Gasteiger partial charge in [-0.1, -0.05) is 36.4 Å². The van der Waals surface area contributed by atoms with Crippen LogP contribution in [0.5, 0.6) is 0 Å². The number of rotatable bonds is 6. The molecule has 0 radical (unpaired) electrons. The van der Waals surface area contributed by atoms with Crippen molar-refractivity contribution >= 4 is 11.5 Å². The summed E-state index contributed by atoms with van der Waals surface area (Å²) in [6, 6.07) is 7.55. The zero-order valence-electron chi connectivity index (χ0n) is 14.7. The third-order valence-corrected chi connectivity index (χ3v) is 4.46. The monoisotopic (exact) mass is 363 g/mol. The van der Waals surface area contributed by atoms with Gasteiger partial charge in [-0.15, -0.1) is 0 Å². The van der Waals surface area contributed by atoms with Crippen LogP contribution in [-0.2, 0) is 7.05 Å². The van der Waals surface area contributed by atoms with Crippen molar-refractivity contribution in [3.8, 4) is 0 Å². The number of halogens is 3. The number of alkyl halides is 2. The average molecular weight is 363 g/mol. The number of carbonyl (C=O) groups excluding carboxylic acids is 1. The van der Waals surface area contributed by atoms with Crippen LogP contribution in [0.15, 0.2) is 30.8 Å². The lowest BCUT2D eigenvalue weighted by Gasteiger charge is -2.24. The van der Waals surface area contributed by atoms with E-state index in [0.717, 1.165) is 24.0 Å². The Morgan fingerprint density at radius 3 is 2.69 bits per heavy atom. The molecule has 0 bridgehead atoms. The molecule has 1 aromatic heterocycles.